The SMILES string of the molecule is COc1cc(F)c(S(=O)(=O)Nc2cccc(-c3nn(C)c4ncnc(N)c34)c2F)cc1Cl. The number of nitrogen functional groups attached to an aromatic ring is 1. The Morgan fingerprint density at radius 1 is 1.22 bits per heavy atom. The third kappa shape index (κ3) is 3.56. The Balaban J connectivity index is 1.81. The molecule has 0 radical (unpaired) electrons. The van der Waals surface area contributed by atoms with Gasteiger partial charge in [-0.3, -0.25) is 4.72 Å². The predicted octanol–water partition coefficient (Wildman–Crippen LogP) is 3.35. The van der Waals surface area contributed by atoms with Gasteiger partial charge >= 0.3 is 0 Å². The standard InChI is InChI=1S/C19H15ClF2N6O3S/c1-28-19-15(18(23)24-8-25-19)17(26-28)9-4-3-5-12(16(9)22)27-32(29,30)14-6-10(20)13(31-2)7-11(14)21/h3-8,27H,1-2H3,(H2,23,24,25). The van der Waals surface area contributed by atoms with E-state index in [2.05, 4.69) is 15.1 Å². The number of hydrogen-bond acceptors (Lipinski definition) is 7. The molecule has 0 aliphatic carbocycles. The molecule has 9 nitrogen and oxygen atoms in total. The number of fused-ring (bicyclic) bond motifs is 1. The third-order valence-corrected chi connectivity index (χ3v) is 6.32. The highest BCUT2D eigenvalue weighted by molar-refractivity contribution is 7.92. The van der Waals surface area contributed by atoms with E-state index in [-0.39, 0.29) is 27.8 Å². The average Bonchev–Trinajstić information content (AvgIpc) is 3.08. The van der Waals surface area contributed by atoms with Gasteiger partial charge in [0.25, 0.3) is 10.0 Å². The number of nitrogens with two attached hydrogens (primary N) is 1. The maximum Gasteiger partial charge on any atom is 0.264 e. The Labute approximate surface area is 185 Å². The van der Waals surface area contributed by atoms with Crippen LogP contribution in [0, 0.1) is 11.6 Å². The van der Waals surface area contributed by atoms with E-state index in [1.54, 1.807) is 7.05 Å². The monoisotopic (exact) mass is 480 g/mol. The average molecular weight is 481 g/mol. The number of anilines is 2. The lowest BCUT2D eigenvalue weighted by atomic mass is 10.1. The van der Waals surface area contributed by atoms with Crippen molar-refractivity contribution in [3.63, 3.8) is 0 Å². The van der Waals surface area contributed by atoms with Gasteiger partial charge < -0.3 is 10.5 Å². The van der Waals surface area contributed by atoms with Gasteiger partial charge in [-0.25, -0.2) is 31.8 Å². The summed E-state index contributed by atoms with van der Waals surface area (Å²) in [6.07, 6.45) is 1.25. The molecule has 0 saturated carbocycles. The number of ether oxygens (including phenoxy) is 1. The van der Waals surface area contributed by atoms with Gasteiger partial charge in [0.1, 0.15) is 34.3 Å². The number of sulfonamides is 1. The predicted molar refractivity (Wildman–Crippen MR) is 115 cm³/mol. The molecule has 4 aromatic rings. The van der Waals surface area contributed by atoms with Crippen LogP contribution < -0.4 is 15.2 Å². The van der Waals surface area contributed by atoms with E-state index in [1.807, 2.05) is 4.72 Å². The van der Waals surface area contributed by atoms with Crippen LogP contribution in [-0.4, -0.2) is 35.3 Å². The lowest BCUT2D eigenvalue weighted by molar-refractivity contribution is 0.410. The van der Waals surface area contributed by atoms with Crippen molar-refractivity contribution in [1.29, 1.82) is 0 Å². The van der Waals surface area contributed by atoms with Crippen molar-refractivity contribution < 1.29 is 21.9 Å². The molecule has 4 rings (SSSR count). The molecule has 0 aliphatic rings. The molecule has 0 bridgehead atoms. The number of benzene rings is 2. The summed E-state index contributed by atoms with van der Waals surface area (Å²) < 4.78 is 63.6. The number of methoxy groups -OCH3 is 1. The molecule has 0 atom stereocenters. The second kappa shape index (κ2) is 7.88. The first-order chi connectivity index (χ1) is 15.1. The number of halogens is 3. The Hall–Kier alpha value is -3.51. The second-order valence-corrected chi connectivity index (χ2v) is 8.68. The van der Waals surface area contributed by atoms with Crippen LogP contribution in [0.2, 0.25) is 5.02 Å². The molecule has 0 unspecified atom stereocenters. The maximum atomic E-state index is 15.4. The van der Waals surface area contributed by atoms with Gasteiger partial charge in [0, 0.05) is 18.7 Å². The Bertz CT molecular complexity index is 1480. The first-order valence-corrected chi connectivity index (χ1v) is 10.8. The van der Waals surface area contributed by atoms with Crippen molar-refractivity contribution in [3.05, 3.63) is 53.3 Å². The van der Waals surface area contributed by atoms with Crippen molar-refractivity contribution in [2.45, 2.75) is 4.90 Å². The van der Waals surface area contributed by atoms with E-state index in [4.69, 9.17) is 22.1 Å². The van der Waals surface area contributed by atoms with E-state index in [9.17, 15) is 12.8 Å². The minimum atomic E-state index is -4.54. The maximum absolute atomic E-state index is 15.4. The van der Waals surface area contributed by atoms with Crippen LogP contribution >= 0.6 is 11.6 Å². The zero-order valence-electron chi connectivity index (χ0n) is 16.6. The fourth-order valence-corrected chi connectivity index (χ4v) is 4.62. The molecule has 0 spiro atoms. The normalized spacial score (nSPS) is 11.7. The van der Waals surface area contributed by atoms with E-state index >= 15 is 4.39 Å². The number of rotatable bonds is 5. The highest BCUT2D eigenvalue weighted by Crippen LogP contribution is 2.35. The molecule has 2 aromatic carbocycles. The molecule has 13 heteroatoms. The summed E-state index contributed by atoms with van der Waals surface area (Å²) >= 11 is 5.93. The zero-order valence-corrected chi connectivity index (χ0v) is 18.2. The smallest absolute Gasteiger partial charge is 0.264 e. The van der Waals surface area contributed by atoms with Gasteiger partial charge in [-0.2, -0.15) is 5.10 Å². The molecular formula is C19H15ClF2N6O3S. The van der Waals surface area contributed by atoms with Gasteiger partial charge in [-0.05, 0) is 18.2 Å². The third-order valence-electron chi connectivity index (χ3n) is 4.64. The number of aryl methyl sites for hydroxylation is 1. The molecule has 3 N–H and O–H groups in total. The Morgan fingerprint density at radius 3 is 2.69 bits per heavy atom. The number of nitrogens with one attached hydrogen (secondary N) is 1. The zero-order chi connectivity index (χ0) is 23.2. The van der Waals surface area contributed by atoms with Crippen molar-refractivity contribution in [1.82, 2.24) is 19.7 Å². The van der Waals surface area contributed by atoms with Gasteiger partial charge in [0.15, 0.2) is 11.5 Å². The first-order valence-electron chi connectivity index (χ1n) is 8.92. The number of hydrogen-bond donors (Lipinski definition) is 2. The van der Waals surface area contributed by atoms with Crippen LogP contribution in [0.15, 0.2) is 41.6 Å². The molecule has 2 heterocycles. The summed E-state index contributed by atoms with van der Waals surface area (Å²) in [5.74, 6) is -2.02. The summed E-state index contributed by atoms with van der Waals surface area (Å²) in [5.41, 5.74) is 5.94. The van der Waals surface area contributed by atoms with E-state index in [1.165, 1.54) is 36.3 Å². The quantitative estimate of drug-likeness (QED) is 0.448. The van der Waals surface area contributed by atoms with Crippen LogP contribution in [0.5, 0.6) is 5.75 Å². The largest absolute Gasteiger partial charge is 0.495 e. The van der Waals surface area contributed by atoms with Crippen molar-refractivity contribution >= 4 is 44.2 Å². The molecule has 0 fully saturated rings. The molecule has 166 valence electrons. The van der Waals surface area contributed by atoms with E-state index in [0.29, 0.717) is 11.0 Å². The lowest BCUT2D eigenvalue weighted by Crippen LogP contribution is -2.16. The fraction of sp³-hybridized carbons (Fsp3) is 0.105. The minimum Gasteiger partial charge on any atom is -0.495 e. The fourth-order valence-electron chi connectivity index (χ4n) is 3.16. The van der Waals surface area contributed by atoms with Gasteiger partial charge in [0.2, 0.25) is 0 Å². The van der Waals surface area contributed by atoms with Crippen molar-refractivity contribution in [2.75, 3.05) is 17.6 Å². The Morgan fingerprint density at radius 2 is 1.97 bits per heavy atom. The topological polar surface area (TPSA) is 125 Å². The van der Waals surface area contributed by atoms with Crippen LogP contribution in [-0.2, 0) is 17.1 Å². The van der Waals surface area contributed by atoms with Gasteiger partial charge in [-0.1, -0.05) is 17.7 Å². The van der Waals surface area contributed by atoms with E-state index < -0.39 is 32.2 Å². The Kier molecular flexibility index (Phi) is 5.34. The van der Waals surface area contributed by atoms with Crippen LogP contribution in [0.3, 0.4) is 0 Å². The summed E-state index contributed by atoms with van der Waals surface area (Å²) in [6.45, 7) is 0. The minimum absolute atomic E-state index is 0.0434. The molecular weight excluding hydrogens is 466 g/mol. The molecule has 0 amide bonds. The molecule has 32 heavy (non-hydrogen) atoms. The molecule has 0 aliphatic heterocycles. The van der Waals surface area contributed by atoms with Crippen LogP contribution in [0.1, 0.15) is 0 Å². The van der Waals surface area contributed by atoms with Gasteiger partial charge in [0.05, 0.1) is 23.2 Å². The summed E-state index contributed by atoms with van der Waals surface area (Å²) in [4.78, 5) is 7.22. The highest BCUT2D eigenvalue weighted by Gasteiger charge is 2.25. The first kappa shape index (κ1) is 21.7. The second-order valence-electron chi connectivity index (χ2n) is 6.62. The molecule has 0 saturated heterocycles. The van der Waals surface area contributed by atoms with E-state index in [0.717, 1.165) is 12.1 Å². The lowest BCUT2D eigenvalue weighted by Gasteiger charge is -2.13. The number of aromatic nitrogens is 4. The summed E-state index contributed by atoms with van der Waals surface area (Å²) in [6, 6.07) is 5.70. The summed E-state index contributed by atoms with van der Waals surface area (Å²) in [5, 5.41) is 4.43. The highest BCUT2D eigenvalue weighted by atomic mass is 35.5. The van der Waals surface area contributed by atoms with Crippen LogP contribution in [0.4, 0.5) is 20.3 Å². The summed E-state index contributed by atoms with van der Waals surface area (Å²) in [7, 11) is -1.69. The van der Waals surface area contributed by atoms with Crippen molar-refractivity contribution in [3.8, 4) is 17.0 Å². The number of nitrogens with zero attached hydrogens (tertiary/aromatic N) is 4. The van der Waals surface area contributed by atoms with Crippen molar-refractivity contribution in [2.24, 2.45) is 7.05 Å². The van der Waals surface area contributed by atoms with Crippen LogP contribution in [0.25, 0.3) is 22.3 Å². The molecule has 2 aromatic heterocycles. The van der Waals surface area contributed by atoms with Gasteiger partial charge in [-0.15, -0.1) is 0 Å².